The number of hydrogen-bond acceptors (Lipinski definition) is 3. The second-order valence-electron chi connectivity index (χ2n) is 6.10. The molecule has 0 spiro atoms. The average molecular weight is 347 g/mol. The lowest BCUT2D eigenvalue weighted by molar-refractivity contribution is -0.138. The highest BCUT2D eigenvalue weighted by Crippen LogP contribution is 2.16. The van der Waals surface area contributed by atoms with E-state index in [9.17, 15) is 9.18 Å². The number of halogens is 1. The lowest BCUT2D eigenvalue weighted by atomic mass is 10.1. The number of rotatable bonds is 6. The molecule has 128 valence electrons. The van der Waals surface area contributed by atoms with Crippen molar-refractivity contribution in [3.05, 3.63) is 58.0 Å². The Balaban J connectivity index is 1.46. The van der Waals surface area contributed by atoms with E-state index in [1.165, 1.54) is 17.0 Å². The molecule has 1 aliphatic rings. The van der Waals surface area contributed by atoms with Gasteiger partial charge in [0, 0.05) is 30.8 Å². The summed E-state index contributed by atoms with van der Waals surface area (Å²) >= 11 is 1.74. The summed E-state index contributed by atoms with van der Waals surface area (Å²) in [5.74, 6) is -0.0380. The van der Waals surface area contributed by atoms with Crippen molar-refractivity contribution in [2.75, 3.05) is 19.7 Å². The zero-order valence-electron chi connectivity index (χ0n) is 13.6. The van der Waals surface area contributed by atoms with E-state index in [4.69, 9.17) is 4.74 Å². The Bertz CT molecular complexity index is 659. The van der Waals surface area contributed by atoms with E-state index in [-0.39, 0.29) is 17.8 Å². The monoisotopic (exact) mass is 347 g/mol. The third kappa shape index (κ3) is 4.89. The van der Waals surface area contributed by atoms with Crippen molar-refractivity contribution in [2.24, 2.45) is 0 Å². The highest BCUT2D eigenvalue weighted by molar-refractivity contribution is 7.09. The number of carbonyl (C=O) groups is 1. The van der Waals surface area contributed by atoms with E-state index < -0.39 is 0 Å². The maximum absolute atomic E-state index is 13.3. The lowest BCUT2D eigenvalue weighted by Gasteiger charge is -2.33. The molecule has 1 atom stereocenters. The van der Waals surface area contributed by atoms with Crippen LogP contribution in [0.3, 0.4) is 0 Å². The summed E-state index contributed by atoms with van der Waals surface area (Å²) < 4.78 is 19.0. The maximum Gasteiger partial charge on any atom is 0.222 e. The average Bonchev–Trinajstić information content (AvgIpc) is 3.08. The summed E-state index contributed by atoms with van der Waals surface area (Å²) in [4.78, 5) is 15.6. The molecule has 1 aromatic heterocycles. The molecule has 1 aromatic carbocycles. The van der Waals surface area contributed by atoms with Crippen molar-refractivity contribution < 1.29 is 13.9 Å². The van der Waals surface area contributed by atoms with Gasteiger partial charge in [0.1, 0.15) is 5.82 Å². The van der Waals surface area contributed by atoms with Crippen LogP contribution >= 0.6 is 11.3 Å². The van der Waals surface area contributed by atoms with Gasteiger partial charge in [0.05, 0.1) is 12.7 Å². The Kier molecular flexibility index (Phi) is 5.99. The van der Waals surface area contributed by atoms with Gasteiger partial charge in [-0.15, -0.1) is 11.3 Å². The minimum atomic E-state index is -0.232. The van der Waals surface area contributed by atoms with Gasteiger partial charge < -0.3 is 9.64 Å². The van der Waals surface area contributed by atoms with Crippen molar-refractivity contribution in [1.29, 1.82) is 0 Å². The van der Waals surface area contributed by atoms with Crippen LogP contribution in [0.15, 0.2) is 41.8 Å². The fourth-order valence-corrected chi connectivity index (χ4v) is 3.77. The molecule has 0 unspecified atom stereocenters. The summed E-state index contributed by atoms with van der Waals surface area (Å²) in [7, 11) is 0. The van der Waals surface area contributed by atoms with Gasteiger partial charge in [-0.1, -0.05) is 18.2 Å². The normalized spacial score (nSPS) is 17.9. The minimum absolute atomic E-state index is 0.0539. The molecule has 24 heavy (non-hydrogen) atoms. The van der Waals surface area contributed by atoms with Gasteiger partial charge in [-0.3, -0.25) is 4.79 Å². The van der Waals surface area contributed by atoms with Crippen LogP contribution in [0.2, 0.25) is 0 Å². The quantitative estimate of drug-likeness (QED) is 0.798. The van der Waals surface area contributed by atoms with Crippen molar-refractivity contribution in [2.45, 2.75) is 31.8 Å². The Morgan fingerprint density at radius 1 is 1.33 bits per heavy atom. The molecule has 0 aliphatic carbocycles. The van der Waals surface area contributed by atoms with Crippen LogP contribution in [0, 0.1) is 5.82 Å². The topological polar surface area (TPSA) is 29.5 Å². The largest absolute Gasteiger partial charge is 0.374 e. The van der Waals surface area contributed by atoms with Gasteiger partial charge in [-0.05, 0) is 42.0 Å². The molecule has 3 rings (SSSR count). The number of nitrogens with zero attached hydrogens (tertiary/aromatic N) is 1. The summed E-state index contributed by atoms with van der Waals surface area (Å²) in [6, 6.07) is 10.7. The van der Waals surface area contributed by atoms with Crippen LogP contribution in [-0.2, 0) is 22.4 Å². The van der Waals surface area contributed by atoms with E-state index in [0.717, 1.165) is 18.4 Å². The first kappa shape index (κ1) is 17.1. The van der Waals surface area contributed by atoms with Crippen molar-refractivity contribution in [3.8, 4) is 0 Å². The number of hydrogen-bond donors (Lipinski definition) is 0. The second-order valence-corrected chi connectivity index (χ2v) is 7.13. The molecule has 1 saturated heterocycles. The molecule has 2 aromatic rings. The third-order valence-corrected chi connectivity index (χ3v) is 5.17. The molecular weight excluding hydrogens is 325 g/mol. The van der Waals surface area contributed by atoms with Crippen molar-refractivity contribution in [1.82, 2.24) is 4.90 Å². The van der Waals surface area contributed by atoms with Gasteiger partial charge in [-0.25, -0.2) is 4.39 Å². The first-order chi connectivity index (χ1) is 11.7. The molecule has 0 saturated carbocycles. The van der Waals surface area contributed by atoms with Crippen molar-refractivity contribution in [3.63, 3.8) is 0 Å². The van der Waals surface area contributed by atoms with Gasteiger partial charge in [0.25, 0.3) is 0 Å². The standard InChI is InChI=1S/C19H22FNO2S/c20-16-5-1-4-15(12-16)13-17-14-21(9-10-23-17)19(22)8-2-6-18-7-3-11-24-18/h1,3-5,7,11-12,17H,2,6,8-10,13-14H2/t17-/m1/s1. The number of thiophene rings is 1. The number of carbonyl (C=O) groups excluding carboxylic acids is 1. The SMILES string of the molecule is O=C(CCCc1cccs1)N1CCO[C@H](Cc2cccc(F)c2)C1. The highest BCUT2D eigenvalue weighted by Gasteiger charge is 2.24. The Hall–Kier alpha value is -1.72. The van der Waals surface area contributed by atoms with Crippen LogP contribution in [0.5, 0.6) is 0 Å². The first-order valence-corrected chi connectivity index (χ1v) is 9.25. The van der Waals surface area contributed by atoms with Crippen LogP contribution in [0.25, 0.3) is 0 Å². The predicted octanol–water partition coefficient (Wildman–Crippen LogP) is 3.68. The molecular formula is C19H22FNO2S. The maximum atomic E-state index is 13.3. The minimum Gasteiger partial charge on any atom is -0.374 e. The van der Waals surface area contributed by atoms with Gasteiger partial charge in [0.2, 0.25) is 5.91 Å². The summed E-state index contributed by atoms with van der Waals surface area (Å²) in [6.07, 6.45) is 2.99. The summed E-state index contributed by atoms with van der Waals surface area (Å²) in [5.41, 5.74) is 0.909. The molecule has 1 amide bonds. The molecule has 5 heteroatoms. The fraction of sp³-hybridized carbons (Fsp3) is 0.421. The number of amides is 1. The summed E-state index contributed by atoms with van der Waals surface area (Å²) in [5, 5.41) is 2.07. The second kappa shape index (κ2) is 8.40. The smallest absolute Gasteiger partial charge is 0.222 e. The first-order valence-electron chi connectivity index (χ1n) is 8.37. The molecule has 2 heterocycles. The Morgan fingerprint density at radius 3 is 3.04 bits per heavy atom. The fourth-order valence-electron chi connectivity index (χ4n) is 3.02. The number of aryl methyl sites for hydroxylation is 1. The molecule has 1 aliphatic heterocycles. The lowest BCUT2D eigenvalue weighted by Crippen LogP contribution is -2.46. The van der Waals surface area contributed by atoms with Crippen LogP contribution < -0.4 is 0 Å². The third-order valence-electron chi connectivity index (χ3n) is 4.24. The zero-order chi connectivity index (χ0) is 16.8. The molecule has 3 nitrogen and oxygen atoms in total. The molecule has 0 radical (unpaired) electrons. The summed E-state index contributed by atoms with van der Waals surface area (Å²) in [6.45, 7) is 1.79. The number of ether oxygens (including phenoxy) is 1. The van der Waals surface area contributed by atoms with Gasteiger partial charge in [0.15, 0.2) is 0 Å². The van der Waals surface area contributed by atoms with Crippen LogP contribution in [0.4, 0.5) is 4.39 Å². The van der Waals surface area contributed by atoms with E-state index in [1.54, 1.807) is 17.4 Å². The van der Waals surface area contributed by atoms with E-state index in [1.807, 2.05) is 17.0 Å². The van der Waals surface area contributed by atoms with E-state index in [0.29, 0.717) is 32.5 Å². The zero-order valence-corrected chi connectivity index (χ0v) is 14.4. The number of benzene rings is 1. The van der Waals surface area contributed by atoms with Crippen LogP contribution in [-0.4, -0.2) is 36.6 Å². The van der Waals surface area contributed by atoms with E-state index in [2.05, 4.69) is 11.4 Å². The van der Waals surface area contributed by atoms with Gasteiger partial charge >= 0.3 is 0 Å². The highest BCUT2D eigenvalue weighted by atomic mass is 32.1. The Morgan fingerprint density at radius 2 is 2.25 bits per heavy atom. The Labute approximate surface area is 146 Å². The number of morpholine rings is 1. The van der Waals surface area contributed by atoms with Crippen molar-refractivity contribution >= 4 is 17.2 Å². The molecule has 1 fully saturated rings. The molecule has 0 N–H and O–H groups in total. The molecule has 0 bridgehead atoms. The van der Waals surface area contributed by atoms with Crippen LogP contribution in [0.1, 0.15) is 23.3 Å². The predicted molar refractivity (Wildman–Crippen MR) is 93.7 cm³/mol. The van der Waals surface area contributed by atoms with E-state index >= 15 is 0 Å². The van der Waals surface area contributed by atoms with Gasteiger partial charge in [-0.2, -0.15) is 0 Å².